The number of rotatable bonds is 3. The van der Waals surface area contributed by atoms with Gasteiger partial charge in [0.1, 0.15) is 23.4 Å². The third-order valence-corrected chi connectivity index (χ3v) is 6.51. The van der Waals surface area contributed by atoms with Crippen LogP contribution < -0.4 is 16.0 Å². The van der Waals surface area contributed by atoms with Gasteiger partial charge < -0.3 is 16.0 Å². The SMILES string of the molecule is Cl.NC1C2CCCC1CC(C(=O)NC1CCN(c3c(F)cccc3F)C1=O)C2. The monoisotopic (exact) mass is 413 g/mol. The van der Waals surface area contributed by atoms with E-state index >= 15 is 0 Å². The first kappa shape index (κ1) is 21.0. The Morgan fingerprint density at radius 1 is 1.11 bits per heavy atom. The quantitative estimate of drug-likeness (QED) is 0.800. The number of carbonyl (C=O) groups is 2. The maximum absolute atomic E-state index is 14.0. The van der Waals surface area contributed by atoms with Crippen LogP contribution >= 0.6 is 12.4 Å². The molecule has 3 N–H and O–H groups in total. The minimum absolute atomic E-state index is 0. The van der Waals surface area contributed by atoms with Crippen molar-refractivity contribution < 1.29 is 18.4 Å². The topological polar surface area (TPSA) is 75.4 Å². The fourth-order valence-electron chi connectivity index (χ4n) is 5.08. The van der Waals surface area contributed by atoms with Crippen molar-refractivity contribution in [1.82, 2.24) is 5.32 Å². The number of fused-ring (bicyclic) bond motifs is 2. The summed E-state index contributed by atoms with van der Waals surface area (Å²) in [6.45, 7) is 0.183. The molecule has 2 aliphatic carbocycles. The molecule has 2 bridgehead atoms. The number of hydrogen-bond donors (Lipinski definition) is 2. The van der Waals surface area contributed by atoms with E-state index in [4.69, 9.17) is 5.73 Å². The van der Waals surface area contributed by atoms with Gasteiger partial charge >= 0.3 is 0 Å². The van der Waals surface area contributed by atoms with Crippen molar-refractivity contribution >= 4 is 29.9 Å². The fraction of sp³-hybridized carbons (Fsp3) is 0.600. The molecule has 1 aromatic carbocycles. The summed E-state index contributed by atoms with van der Waals surface area (Å²) < 4.78 is 28.0. The fourth-order valence-corrected chi connectivity index (χ4v) is 5.08. The molecule has 154 valence electrons. The Morgan fingerprint density at radius 2 is 1.71 bits per heavy atom. The van der Waals surface area contributed by atoms with Gasteiger partial charge in [-0.05, 0) is 56.1 Å². The highest BCUT2D eigenvalue weighted by Gasteiger charge is 2.42. The lowest BCUT2D eigenvalue weighted by Crippen LogP contribution is -2.51. The number of hydrogen-bond acceptors (Lipinski definition) is 3. The van der Waals surface area contributed by atoms with Gasteiger partial charge in [0.2, 0.25) is 11.8 Å². The maximum atomic E-state index is 14.0. The Hall–Kier alpha value is -1.73. The zero-order valence-corrected chi connectivity index (χ0v) is 16.4. The molecule has 3 atom stereocenters. The molecule has 3 unspecified atom stereocenters. The van der Waals surface area contributed by atoms with E-state index in [-0.39, 0.29) is 42.5 Å². The molecule has 1 saturated heterocycles. The summed E-state index contributed by atoms with van der Waals surface area (Å²) in [5.41, 5.74) is 5.94. The Morgan fingerprint density at radius 3 is 2.32 bits per heavy atom. The predicted octanol–water partition coefficient (Wildman–Crippen LogP) is 2.76. The number of halogens is 3. The van der Waals surface area contributed by atoms with E-state index in [0.717, 1.165) is 42.7 Å². The zero-order valence-electron chi connectivity index (χ0n) is 15.6. The van der Waals surface area contributed by atoms with E-state index in [0.29, 0.717) is 18.3 Å². The molecule has 2 amide bonds. The van der Waals surface area contributed by atoms with E-state index in [9.17, 15) is 18.4 Å². The second-order valence-corrected chi connectivity index (χ2v) is 8.11. The number of carbonyl (C=O) groups excluding carboxylic acids is 2. The lowest BCUT2D eigenvalue weighted by molar-refractivity contribution is -0.131. The molecule has 5 nitrogen and oxygen atoms in total. The maximum Gasteiger partial charge on any atom is 0.249 e. The number of benzene rings is 1. The smallest absolute Gasteiger partial charge is 0.249 e. The average molecular weight is 414 g/mol. The van der Waals surface area contributed by atoms with Gasteiger partial charge in [-0.3, -0.25) is 9.59 Å². The average Bonchev–Trinajstić information content (AvgIpc) is 2.95. The first-order valence-corrected chi connectivity index (χ1v) is 9.77. The number of nitrogens with zero attached hydrogens (tertiary/aromatic N) is 1. The summed E-state index contributed by atoms with van der Waals surface area (Å²) >= 11 is 0. The van der Waals surface area contributed by atoms with Crippen LogP contribution in [0.3, 0.4) is 0 Å². The summed E-state index contributed by atoms with van der Waals surface area (Å²) in [6, 6.07) is 2.96. The molecule has 3 aliphatic rings. The number of para-hydroxylation sites is 1. The van der Waals surface area contributed by atoms with Gasteiger partial charge in [-0.15, -0.1) is 12.4 Å². The van der Waals surface area contributed by atoms with Crippen LogP contribution in [-0.2, 0) is 9.59 Å². The van der Waals surface area contributed by atoms with Gasteiger partial charge in [-0.1, -0.05) is 12.5 Å². The Balaban J connectivity index is 0.00000225. The lowest BCUT2D eigenvalue weighted by Gasteiger charge is -2.43. The summed E-state index contributed by atoms with van der Waals surface area (Å²) in [6.07, 6.45) is 5.15. The molecule has 0 aromatic heterocycles. The third kappa shape index (κ3) is 3.74. The van der Waals surface area contributed by atoms with E-state index in [1.165, 1.54) is 12.5 Å². The van der Waals surface area contributed by atoms with Crippen LogP contribution in [0.5, 0.6) is 0 Å². The standard InChI is InChI=1S/C20H25F2N3O2.ClH/c21-14-5-2-6-15(22)18(14)25-8-7-16(20(25)27)24-19(26)13-9-11-3-1-4-12(10-13)17(11)23;/h2,5-6,11-13,16-17H,1,3-4,7-10,23H2,(H,24,26);1H. The summed E-state index contributed by atoms with van der Waals surface area (Å²) in [7, 11) is 0. The molecule has 0 spiro atoms. The molecule has 1 aromatic rings. The Labute approximate surface area is 169 Å². The number of nitrogens with one attached hydrogen (secondary N) is 1. The lowest BCUT2D eigenvalue weighted by atomic mass is 9.65. The number of nitrogens with two attached hydrogens (primary N) is 1. The predicted molar refractivity (Wildman–Crippen MR) is 104 cm³/mol. The Bertz CT molecular complexity index is 729. The van der Waals surface area contributed by atoms with Crippen molar-refractivity contribution in [3.05, 3.63) is 29.8 Å². The Kier molecular flexibility index (Phi) is 6.25. The molecule has 0 radical (unpaired) electrons. The van der Waals surface area contributed by atoms with Crippen molar-refractivity contribution in [2.24, 2.45) is 23.5 Å². The molecular weight excluding hydrogens is 388 g/mol. The summed E-state index contributed by atoms with van der Waals surface area (Å²) in [5.74, 6) is -1.53. The van der Waals surface area contributed by atoms with Gasteiger partial charge in [-0.2, -0.15) is 0 Å². The first-order chi connectivity index (χ1) is 13.0. The van der Waals surface area contributed by atoms with E-state index in [1.807, 2.05) is 0 Å². The van der Waals surface area contributed by atoms with Gasteiger partial charge in [-0.25, -0.2) is 8.78 Å². The van der Waals surface area contributed by atoms with Crippen LogP contribution in [0.4, 0.5) is 14.5 Å². The van der Waals surface area contributed by atoms with Crippen molar-refractivity contribution in [3.8, 4) is 0 Å². The van der Waals surface area contributed by atoms with Crippen LogP contribution in [0.15, 0.2) is 18.2 Å². The van der Waals surface area contributed by atoms with Crippen LogP contribution in [-0.4, -0.2) is 30.4 Å². The zero-order chi connectivity index (χ0) is 19.1. The largest absolute Gasteiger partial charge is 0.344 e. The summed E-state index contributed by atoms with van der Waals surface area (Å²) in [4.78, 5) is 26.5. The van der Waals surface area contributed by atoms with Crippen LogP contribution in [0.2, 0.25) is 0 Å². The highest BCUT2D eigenvalue weighted by atomic mass is 35.5. The molecule has 3 fully saturated rings. The summed E-state index contributed by atoms with van der Waals surface area (Å²) in [5, 5.41) is 2.83. The van der Waals surface area contributed by atoms with E-state index < -0.39 is 23.6 Å². The minimum Gasteiger partial charge on any atom is -0.344 e. The van der Waals surface area contributed by atoms with Crippen molar-refractivity contribution in [2.75, 3.05) is 11.4 Å². The van der Waals surface area contributed by atoms with Crippen LogP contribution in [0.25, 0.3) is 0 Å². The van der Waals surface area contributed by atoms with Crippen LogP contribution in [0, 0.1) is 29.4 Å². The normalized spacial score (nSPS) is 32.0. The minimum atomic E-state index is -0.774. The van der Waals surface area contributed by atoms with Crippen molar-refractivity contribution in [1.29, 1.82) is 0 Å². The molecule has 8 heteroatoms. The van der Waals surface area contributed by atoms with Crippen molar-refractivity contribution in [3.63, 3.8) is 0 Å². The van der Waals surface area contributed by atoms with Gasteiger partial charge in [0, 0.05) is 18.5 Å². The highest BCUT2D eigenvalue weighted by molar-refractivity contribution is 6.01. The van der Waals surface area contributed by atoms with Crippen molar-refractivity contribution in [2.45, 2.75) is 50.6 Å². The molecule has 28 heavy (non-hydrogen) atoms. The third-order valence-electron chi connectivity index (χ3n) is 6.51. The van der Waals surface area contributed by atoms with E-state index in [1.54, 1.807) is 0 Å². The first-order valence-electron chi connectivity index (χ1n) is 9.77. The highest BCUT2D eigenvalue weighted by Crippen LogP contribution is 2.42. The van der Waals surface area contributed by atoms with Gasteiger partial charge in [0.05, 0.1) is 0 Å². The second-order valence-electron chi connectivity index (χ2n) is 8.11. The number of amides is 2. The molecule has 2 saturated carbocycles. The van der Waals surface area contributed by atoms with Gasteiger partial charge in [0.25, 0.3) is 0 Å². The molecular formula is C20H26ClF2N3O2. The second kappa shape index (κ2) is 8.33. The molecule has 1 aliphatic heterocycles. The van der Waals surface area contributed by atoms with Crippen LogP contribution in [0.1, 0.15) is 38.5 Å². The molecule has 4 rings (SSSR count). The van der Waals surface area contributed by atoms with Gasteiger partial charge in [0.15, 0.2) is 0 Å². The van der Waals surface area contributed by atoms with E-state index in [2.05, 4.69) is 5.32 Å². The number of anilines is 1. The molecule has 1 heterocycles.